The maximum atomic E-state index is 12.8. The van der Waals surface area contributed by atoms with Crippen molar-refractivity contribution in [3.63, 3.8) is 0 Å². The third-order valence-electron chi connectivity index (χ3n) is 2.18. The van der Waals surface area contributed by atoms with Crippen LogP contribution in [0.3, 0.4) is 0 Å². The molecular weight excluding hydrogens is 235 g/mol. The summed E-state index contributed by atoms with van der Waals surface area (Å²) in [5.74, 6) is 0. The van der Waals surface area contributed by atoms with Gasteiger partial charge < -0.3 is 0 Å². The van der Waals surface area contributed by atoms with Crippen molar-refractivity contribution in [2.75, 3.05) is 0 Å². The number of nitrogens with zero attached hydrogens (tertiary/aromatic N) is 1. The van der Waals surface area contributed by atoms with Gasteiger partial charge in [0.1, 0.15) is 0 Å². The van der Waals surface area contributed by atoms with Crippen LogP contribution in [0.15, 0.2) is 29.1 Å². The molecule has 0 unspecified atom stereocenters. The highest BCUT2D eigenvalue weighted by molar-refractivity contribution is 7.08. The predicted molar refractivity (Wildman–Crippen MR) is 57.3 cm³/mol. The summed E-state index contributed by atoms with van der Waals surface area (Å²) in [5, 5.41) is 3.43. The van der Waals surface area contributed by atoms with Crippen molar-refractivity contribution in [1.29, 1.82) is 0 Å². The Bertz CT molecular complexity index is 488. The van der Waals surface area contributed by atoms with Gasteiger partial charge in [0.25, 0.3) is 0 Å². The van der Waals surface area contributed by atoms with Crippen LogP contribution in [-0.2, 0) is 6.18 Å². The minimum atomic E-state index is -4.34. The molecule has 2 heterocycles. The molecule has 2 aromatic rings. The zero-order valence-corrected chi connectivity index (χ0v) is 9.19. The van der Waals surface area contributed by atoms with Crippen molar-refractivity contribution in [2.45, 2.75) is 13.1 Å². The predicted octanol–water partition coefficient (Wildman–Crippen LogP) is 4.14. The maximum absolute atomic E-state index is 12.8. The summed E-state index contributed by atoms with van der Waals surface area (Å²) in [6.07, 6.45) is -3.06. The molecule has 5 heteroatoms. The Morgan fingerprint density at radius 3 is 2.62 bits per heavy atom. The molecule has 0 saturated carbocycles. The molecule has 16 heavy (non-hydrogen) atoms. The minimum Gasteiger partial charge on any atom is -0.261 e. The molecule has 0 N–H and O–H groups in total. The van der Waals surface area contributed by atoms with E-state index in [0.29, 0.717) is 11.3 Å². The van der Waals surface area contributed by atoms with Gasteiger partial charge in [-0.3, -0.25) is 4.98 Å². The van der Waals surface area contributed by atoms with Crippen molar-refractivity contribution < 1.29 is 13.2 Å². The highest BCUT2D eigenvalue weighted by atomic mass is 32.1. The molecule has 0 aliphatic carbocycles. The molecule has 0 spiro atoms. The van der Waals surface area contributed by atoms with Crippen LogP contribution in [0.1, 0.15) is 11.3 Å². The van der Waals surface area contributed by atoms with E-state index < -0.39 is 11.7 Å². The summed E-state index contributed by atoms with van der Waals surface area (Å²) < 4.78 is 38.4. The summed E-state index contributed by atoms with van der Waals surface area (Å²) in [7, 11) is 0. The van der Waals surface area contributed by atoms with Crippen LogP contribution in [0.4, 0.5) is 13.2 Å². The van der Waals surface area contributed by atoms with Crippen LogP contribution in [-0.4, -0.2) is 4.98 Å². The Kier molecular flexibility index (Phi) is 2.71. The topological polar surface area (TPSA) is 12.9 Å². The second-order valence-corrected chi connectivity index (χ2v) is 4.16. The summed E-state index contributed by atoms with van der Waals surface area (Å²) in [4.78, 5) is 3.91. The van der Waals surface area contributed by atoms with Gasteiger partial charge in [0.15, 0.2) is 0 Å². The molecule has 1 nitrogen and oxygen atoms in total. The lowest BCUT2D eigenvalue weighted by Gasteiger charge is -2.12. The van der Waals surface area contributed by atoms with E-state index in [2.05, 4.69) is 4.98 Å². The van der Waals surface area contributed by atoms with Crippen LogP contribution in [0.5, 0.6) is 0 Å². The van der Waals surface area contributed by atoms with Gasteiger partial charge in [-0.05, 0) is 35.4 Å². The second kappa shape index (κ2) is 3.90. The molecule has 0 amide bonds. The largest absolute Gasteiger partial charge is 0.417 e. The van der Waals surface area contributed by atoms with E-state index in [4.69, 9.17) is 0 Å². The van der Waals surface area contributed by atoms with E-state index in [9.17, 15) is 13.2 Å². The van der Waals surface area contributed by atoms with E-state index in [-0.39, 0.29) is 5.56 Å². The van der Waals surface area contributed by atoms with E-state index in [0.717, 1.165) is 6.07 Å². The molecular formula is C11H8F3NS. The van der Waals surface area contributed by atoms with Crippen LogP contribution in [0.2, 0.25) is 0 Å². The van der Waals surface area contributed by atoms with E-state index in [1.807, 2.05) is 0 Å². The fraction of sp³-hybridized carbons (Fsp3) is 0.182. The zero-order valence-electron chi connectivity index (χ0n) is 8.38. The Balaban J connectivity index is 2.62. The number of aryl methyl sites for hydroxylation is 1. The minimum absolute atomic E-state index is 0.138. The van der Waals surface area contributed by atoms with Gasteiger partial charge in [0.2, 0.25) is 0 Å². The summed E-state index contributed by atoms with van der Waals surface area (Å²) in [6, 6.07) is 2.74. The van der Waals surface area contributed by atoms with Gasteiger partial charge in [-0.15, -0.1) is 0 Å². The Hall–Kier alpha value is -1.36. The smallest absolute Gasteiger partial charge is 0.261 e. The lowest BCUT2D eigenvalue weighted by atomic mass is 10.0. The SMILES string of the molecule is Cc1cc(C(F)(F)F)c(-c2ccsc2)cn1. The number of aromatic nitrogens is 1. The monoisotopic (exact) mass is 243 g/mol. The van der Waals surface area contributed by atoms with Crippen molar-refractivity contribution in [1.82, 2.24) is 4.98 Å². The maximum Gasteiger partial charge on any atom is 0.417 e. The number of thiophene rings is 1. The second-order valence-electron chi connectivity index (χ2n) is 3.38. The first-order chi connectivity index (χ1) is 7.48. The molecule has 84 valence electrons. The Morgan fingerprint density at radius 2 is 2.06 bits per heavy atom. The lowest BCUT2D eigenvalue weighted by Crippen LogP contribution is -2.08. The van der Waals surface area contributed by atoms with Crippen LogP contribution in [0, 0.1) is 6.92 Å². The molecule has 0 fully saturated rings. The zero-order chi connectivity index (χ0) is 11.8. The van der Waals surface area contributed by atoms with Gasteiger partial charge in [-0.2, -0.15) is 24.5 Å². The first-order valence-electron chi connectivity index (χ1n) is 4.55. The number of hydrogen-bond donors (Lipinski definition) is 0. The number of pyridine rings is 1. The quantitative estimate of drug-likeness (QED) is 0.733. The Morgan fingerprint density at radius 1 is 1.31 bits per heavy atom. The highest BCUT2D eigenvalue weighted by Crippen LogP contribution is 2.37. The normalized spacial score (nSPS) is 11.8. The lowest BCUT2D eigenvalue weighted by molar-refractivity contribution is -0.137. The van der Waals surface area contributed by atoms with Gasteiger partial charge in [-0.1, -0.05) is 0 Å². The third-order valence-corrected chi connectivity index (χ3v) is 2.86. The number of rotatable bonds is 1. The average molecular weight is 243 g/mol. The fourth-order valence-corrected chi connectivity index (χ4v) is 2.10. The summed E-state index contributed by atoms with van der Waals surface area (Å²) in [6.45, 7) is 1.55. The third kappa shape index (κ3) is 2.09. The molecule has 0 saturated heterocycles. The van der Waals surface area contributed by atoms with Gasteiger partial charge in [-0.25, -0.2) is 0 Å². The van der Waals surface area contributed by atoms with Crippen LogP contribution < -0.4 is 0 Å². The number of alkyl halides is 3. The molecule has 0 aliphatic rings. The van der Waals surface area contributed by atoms with Crippen LogP contribution >= 0.6 is 11.3 Å². The molecule has 0 aromatic carbocycles. The molecule has 0 aliphatic heterocycles. The molecule has 0 bridgehead atoms. The van der Waals surface area contributed by atoms with Gasteiger partial charge in [0, 0.05) is 17.5 Å². The fourth-order valence-electron chi connectivity index (χ4n) is 1.44. The highest BCUT2D eigenvalue weighted by Gasteiger charge is 2.34. The molecule has 2 rings (SSSR count). The average Bonchev–Trinajstić information content (AvgIpc) is 2.69. The van der Waals surface area contributed by atoms with Gasteiger partial charge in [0.05, 0.1) is 5.56 Å². The van der Waals surface area contributed by atoms with E-state index in [1.54, 1.807) is 23.8 Å². The molecule has 2 aromatic heterocycles. The summed E-state index contributed by atoms with van der Waals surface area (Å²) in [5.41, 5.74) is 0.439. The summed E-state index contributed by atoms with van der Waals surface area (Å²) >= 11 is 1.36. The van der Waals surface area contributed by atoms with Crippen molar-refractivity contribution in [3.05, 3.63) is 40.3 Å². The standard InChI is InChI=1S/C11H8F3NS/c1-7-4-10(11(12,13)14)9(5-15-7)8-2-3-16-6-8/h2-6H,1H3. The van der Waals surface area contributed by atoms with Crippen molar-refractivity contribution in [2.24, 2.45) is 0 Å². The van der Waals surface area contributed by atoms with E-state index in [1.165, 1.54) is 17.5 Å². The van der Waals surface area contributed by atoms with Crippen molar-refractivity contribution in [3.8, 4) is 11.1 Å². The van der Waals surface area contributed by atoms with Crippen LogP contribution in [0.25, 0.3) is 11.1 Å². The van der Waals surface area contributed by atoms with Crippen molar-refractivity contribution >= 4 is 11.3 Å². The number of halogens is 3. The first-order valence-corrected chi connectivity index (χ1v) is 5.49. The Labute approximate surface area is 94.6 Å². The van der Waals surface area contributed by atoms with E-state index >= 15 is 0 Å². The number of hydrogen-bond acceptors (Lipinski definition) is 2. The first kappa shape index (κ1) is 11.1. The molecule has 0 radical (unpaired) electrons. The van der Waals surface area contributed by atoms with Gasteiger partial charge >= 0.3 is 6.18 Å². The molecule has 0 atom stereocenters.